The number of carbonyl (C=O) groups excluding carboxylic acids is 1. The lowest BCUT2D eigenvalue weighted by atomic mass is 9.99. The van der Waals surface area contributed by atoms with E-state index in [-0.39, 0.29) is 11.9 Å². The van der Waals surface area contributed by atoms with E-state index >= 15 is 0 Å². The van der Waals surface area contributed by atoms with Gasteiger partial charge < -0.3 is 14.8 Å². The average Bonchev–Trinajstić information content (AvgIpc) is 2.65. The number of carbonyl (C=O) groups is 1. The maximum Gasteiger partial charge on any atom is 0.255 e. The van der Waals surface area contributed by atoms with Crippen molar-refractivity contribution < 1.29 is 14.3 Å². The molecular weight excluding hydrogens is 326 g/mol. The molecule has 2 aromatic carbocycles. The summed E-state index contributed by atoms with van der Waals surface area (Å²) in [4.78, 5) is 12.7. The summed E-state index contributed by atoms with van der Waals surface area (Å²) >= 11 is 0. The van der Waals surface area contributed by atoms with Crippen LogP contribution >= 0.6 is 0 Å². The van der Waals surface area contributed by atoms with E-state index in [0.717, 1.165) is 5.56 Å². The largest absolute Gasteiger partial charge is 0.490 e. The van der Waals surface area contributed by atoms with Crippen LogP contribution < -0.4 is 10.1 Å². The number of nitrogens with one attached hydrogen (secondary N) is 1. The number of ether oxygens (including phenoxy) is 2. The summed E-state index contributed by atoms with van der Waals surface area (Å²) < 4.78 is 11.0. The van der Waals surface area contributed by atoms with E-state index in [1.807, 2.05) is 32.0 Å². The fraction of sp³-hybridized carbons (Fsp3) is 0.409. The summed E-state index contributed by atoms with van der Waals surface area (Å²) in [7, 11) is 0. The molecular formula is C22H29NO3. The summed E-state index contributed by atoms with van der Waals surface area (Å²) in [6, 6.07) is 15.6. The molecule has 0 aromatic heterocycles. The number of rotatable bonds is 9. The van der Waals surface area contributed by atoms with Gasteiger partial charge in [0.05, 0.1) is 18.2 Å². The van der Waals surface area contributed by atoms with Gasteiger partial charge in [0.1, 0.15) is 12.4 Å². The minimum absolute atomic E-state index is 0.0832. The zero-order valence-corrected chi connectivity index (χ0v) is 16.1. The van der Waals surface area contributed by atoms with Gasteiger partial charge >= 0.3 is 0 Å². The summed E-state index contributed by atoms with van der Waals surface area (Å²) in [5.74, 6) is 0.930. The predicted molar refractivity (Wildman–Crippen MR) is 105 cm³/mol. The molecule has 2 aromatic rings. The third-order valence-corrected chi connectivity index (χ3v) is 4.27. The Kier molecular flexibility index (Phi) is 7.67. The Morgan fingerprint density at radius 2 is 1.62 bits per heavy atom. The van der Waals surface area contributed by atoms with E-state index in [0.29, 0.717) is 37.1 Å². The van der Waals surface area contributed by atoms with Crippen LogP contribution in [0.3, 0.4) is 0 Å². The topological polar surface area (TPSA) is 47.6 Å². The summed E-state index contributed by atoms with van der Waals surface area (Å²) in [6.45, 7) is 9.84. The standard InChI is InChI=1S/C22H29NO3/c1-5-25-14-15-26-21-9-7-6-8-20(21)22(24)23-17(4)19-12-10-18(11-13-19)16(2)3/h6-13,16-17H,5,14-15H2,1-4H3,(H,23,24). The van der Waals surface area contributed by atoms with Gasteiger partial charge in [0.2, 0.25) is 0 Å². The van der Waals surface area contributed by atoms with Crippen LogP contribution in [0.1, 0.15) is 61.1 Å². The first-order chi connectivity index (χ1) is 12.5. The van der Waals surface area contributed by atoms with Crippen LogP contribution in [0.25, 0.3) is 0 Å². The lowest BCUT2D eigenvalue weighted by Gasteiger charge is -2.17. The molecule has 0 aliphatic rings. The van der Waals surface area contributed by atoms with Gasteiger partial charge in [0, 0.05) is 6.61 Å². The van der Waals surface area contributed by atoms with Crippen LogP contribution in [0.5, 0.6) is 5.75 Å². The molecule has 26 heavy (non-hydrogen) atoms. The van der Waals surface area contributed by atoms with Gasteiger partial charge in [-0.1, -0.05) is 50.2 Å². The van der Waals surface area contributed by atoms with E-state index in [2.05, 4.69) is 43.4 Å². The summed E-state index contributed by atoms with van der Waals surface area (Å²) in [6.07, 6.45) is 0. The molecule has 0 heterocycles. The minimum atomic E-state index is -0.141. The molecule has 4 heteroatoms. The lowest BCUT2D eigenvalue weighted by molar-refractivity contribution is 0.0923. The first-order valence-electron chi connectivity index (χ1n) is 9.23. The van der Waals surface area contributed by atoms with E-state index in [9.17, 15) is 4.79 Å². The van der Waals surface area contributed by atoms with E-state index in [1.165, 1.54) is 5.56 Å². The number of hydrogen-bond donors (Lipinski definition) is 1. The van der Waals surface area contributed by atoms with Gasteiger partial charge in [0.15, 0.2) is 0 Å². The number of hydrogen-bond acceptors (Lipinski definition) is 3. The second-order valence-corrected chi connectivity index (χ2v) is 6.56. The Bertz CT molecular complexity index is 695. The molecule has 1 atom stereocenters. The Hall–Kier alpha value is -2.33. The Balaban J connectivity index is 2.02. The van der Waals surface area contributed by atoms with Gasteiger partial charge in [-0.3, -0.25) is 4.79 Å². The highest BCUT2D eigenvalue weighted by atomic mass is 16.5. The quantitative estimate of drug-likeness (QED) is 0.662. The van der Waals surface area contributed by atoms with Crippen molar-refractivity contribution >= 4 is 5.91 Å². The predicted octanol–water partition coefficient (Wildman–Crippen LogP) is 4.72. The second-order valence-electron chi connectivity index (χ2n) is 6.56. The van der Waals surface area contributed by atoms with Gasteiger partial charge in [-0.15, -0.1) is 0 Å². The first kappa shape index (κ1) is 20.0. The van der Waals surface area contributed by atoms with Crippen LogP contribution in [0.4, 0.5) is 0 Å². The number of para-hydroxylation sites is 1. The Morgan fingerprint density at radius 3 is 2.27 bits per heavy atom. The molecule has 0 saturated heterocycles. The summed E-state index contributed by atoms with van der Waals surface area (Å²) in [5.41, 5.74) is 2.91. The van der Waals surface area contributed by atoms with Crippen molar-refractivity contribution in [1.82, 2.24) is 5.32 Å². The van der Waals surface area contributed by atoms with E-state index in [1.54, 1.807) is 6.07 Å². The molecule has 0 fully saturated rings. The van der Waals surface area contributed by atoms with Crippen molar-refractivity contribution in [3.05, 3.63) is 65.2 Å². The number of amides is 1. The number of benzene rings is 2. The minimum Gasteiger partial charge on any atom is -0.490 e. The highest BCUT2D eigenvalue weighted by molar-refractivity contribution is 5.97. The maximum absolute atomic E-state index is 12.7. The molecule has 0 aliphatic carbocycles. The van der Waals surface area contributed by atoms with Crippen molar-refractivity contribution in [2.45, 2.75) is 39.7 Å². The van der Waals surface area contributed by atoms with Crippen LogP contribution in [0, 0.1) is 0 Å². The highest BCUT2D eigenvalue weighted by Gasteiger charge is 2.15. The maximum atomic E-state index is 12.7. The van der Waals surface area contributed by atoms with Crippen LogP contribution in [0.15, 0.2) is 48.5 Å². The third kappa shape index (κ3) is 5.60. The third-order valence-electron chi connectivity index (χ3n) is 4.27. The molecule has 1 N–H and O–H groups in total. The summed E-state index contributed by atoms with van der Waals surface area (Å²) in [5, 5.41) is 3.05. The SMILES string of the molecule is CCOCCOc1ccccc1C(=O)NC(C)c1ccc(C(C)C)cc1. The normalized spacial score (nSPS) is 12.0. The van der Waals surface area contributed by atoms with Gasteiger partial charge in [-0.05, 0) is 43.0 Å². The monoisotopic (exact) mass is 355 g/mol. The molecule has 0 bridgehead atoms. The smallest absolute Gasteiger partial charge is 0.255 e. The van der Waals surface area contributed by atoms with Gasteiger partial charge in [0.25, 0.3) is 5.91 Å². The molecule has 2 rings (SSSR count). The molecule has 140 valence electrons. The van der Waals surface area contributed by atoms with Crippen LogP contribution in [-0.2, 0) is 4.74 Å². The van der Waals surface area contributed by atoms with Gasteiger partial charge in [-0.25, -0.2) is 0 Å². The average molecular weight is 355 g/mol. The molecule has 1 amide bonds. The van der Waals surface area contributed by atoms with Crippen LogP contribution in [-0.4, -0.2) is 25.7 Å². The zero-order valence-electron chi connectivity index (χ0n) is 16.1. The second kappa shape index (κ2) is 9.97. The van der Waals surface area contributed by atoms with Crippen molar-refractivity contribution in [3.8, 4) is 5.75 Å². The van der Waals surface area contributed by atoms with Crippen molar-refractivity contribution in [2.75, 3.05) is 19.8 Å². The van der Waals surface area contributed by atoms with E-state index in [4.69, 9.17) is 9.47 Å². The van der Waals surface area contributed by atoms with Crippen molar-refractivity contribution in [3.63, 3.8) is 0 Å². The van der Waals surface area contributed by atoms with Crippen LogP contribution in [0.2, 0.25) is 0 Å². The molecule has 4 nitrogen and oxygen atoms in total. The molecule has 0 spiro atoms. The highest BCUT2D eigenvalue weighted by Crippen LogP contribution is 2.21. The fourth-order valence-corrected chi connectivity index (χ4v) is 2.66. The zero-order chi connectivity index (χ0) is 18.9. The molecule has 0 saturated carbocycles. The molecule has 0 radical (unpaired) electrons. The Labute approximate surface area is 156 Å². The van der Waals surface area contributed by atoms with Crippen molar-refractivity contribution in [2.24, 2.45) is 0 Å². The fourth-order valence-electron chi connectivity index (χ4n) is 2.66. The molecule has 0 aliphatic heterocycles. The Morgan fingerprint density at radius 1 is 0.962 bits per heavy atom. The van der Waals surface area contributed by atoms with E-state index < -0.39 is 0 Å². The van der Waals surface area contributed by atoms with Crippen molar-refractivity contribution in [1.29, 1.82) is 0 Å². The molecule has 1 unspecified atom stereocenters. The first-order valence-corrected chi connectivity index (χ1v) is 9.23. The van der Waals surface area contributed by atoms with Gasteiger partial charge in [-0.2, -0.15) is 0 Å². The lowest BCUT2D eigenvalue weighted by Crippen LogP contribution is -2.27.